The summed E-state index contributed by atoms with van der Waals surface area (Å²) in [5.41, 5.74) is 1.30. The molecule has 96 valence electrons. The van der Waals surface area contributed by atoms with Crippen molar-refractivity contribution in [3.63, 3.8) is 0 Å². The second-order valence-electron chi connectivity index (χ2n) is 4.58. The van der Waals surface area contributed by atoms with E-state index < -0.39 is 0 Å². The van der Waals surface area contributed by atoms with E-state index in [2.05, 4.69) is 35.0 Å². The molecule has 2 rings (SSSR count). The summed E-state index contributed by atoms with van der Waals surface area (Å²) in [6.45, 7) is 7.99. The number of ether oxygens (including phenoxy) is 1. The average molecular weight is 237 g/mol. The van der Waals surface area contributed by atoms with Crippen LogP contribution in [0.2, 0.25) is 0 Å². The van der Waals surface area contributed by atoms with Gasteiger partial charge in [0.15, 0.2) is 0 Å². The third-order valence-corrected chi connectivity index (χ3v) is 3.46. The Morgan fingerprint density at radius 2 is 2.47 bits per heavy atom. The van der Waals surface area contributed by atoms with E-state index in [0.717, 1.165) is 26.3 Å². The normalized spacial score (nSPS) is 22.6. The molecule has 0 aromatic carbocycles. The zero-order valence-corrected chi connectivity index (χ0v) is 10.9. The largest absolute Gasteiger partial charge is 0.381 e. The maximum atomic E-state index is 5.61. The van der Waals surface area contributed by atoms with Crippen molar-refractivity contribution in [2.45, 2.75) is 39.3 Å². The van der Waals surface area contributed by atoms with E-state index in [-0.39, 0.29) is 0 Å². The molecule has 0 spiro atoms. The Balaban J connectivity index is 2.15. The van der Waals surface area contributed by atoms with Crippen molar-refractivity contribution >= 4 is 0 Å². The Morgan fingerprint density at radius 1 is 1.59 bits per heavy atom. The topological polar surface area (TPSA) is 39.1 Å². The molecule has 0 radical (unpaired) electrons. The van der Waals surface area contributed by atoms with Gasteiger partial charge < -0.3 is 10.1 Å². The van der Waals surface area contributed by atoms with E-state index in [1.165, 1.54) is 18.5 Å². The molecule has 1 aliphatic heterocycles. The van der Waals surface area contributed by atoms with Crippen molar-refractivity contribution in [3.8, 4) is 0 Å². The molecular weight excluding hydrogens is 214 g/mol. The number of rotatable bonds is 5. The lowest BCUT2D eigenvalue weighted by Crippen LogP contribution is -2.34. The molecule has 1 aromatic rings. The van der Waals surface area contributed by atoms with Crippen molar-refractivity contribution in [1.82, 2.24) is 15.1 Å². The highest BCUT2D eigenvalue weighted by molar-refractivity contribution is 5.09. The van der Waals surface area contributed by atoms with Gasteiger partial charge in [0.2, 0.25) is 0 Å². The first kappa shape index (κ1) is 12.6. The fourth-order valence-corrected chi connectivity index (χ4v) is 2.63. The molecule has 0 aliphatic carbocycles. The molecule has 0 amide bonds. The van der Waals surface area contributed by atoms with Crippen LogP contribution in [-0.2, 0) is 11.3 Å². The Kier molecular flexibility index (Phi) is 4.57. The zero-order valence-electron chi connectivity index (χ0n) is 10.9. The van der Waals surface area contributed by atoms with Crippen molar-refractivity contribution in [2.24, 2.45) is 5.92 Å². The minimum Gasteiger partial charge on any atom is -0.381 e. The monoisotopic (exact) mass is 237 g/mol. The fourth-order valence-electron chi connectivity index (χ4n) is 2.63. The minimum absolute atomic E-state index is 0.378. The molecule has 1 fully saturated rings. The first-order valence-corrected chi connectivity index (χ1v) is 6.69. The van der Waals surface area contributed by atoms with Crippen LogP contribution in [-0.4, -0.2) is 29.5 Å². The molecular formula is C13H23N3O. The van der Waals surface area contributed by atoms with Gasteiger partial charge >= 0.3 is 0 Å². The van der Waals surface area contributed by atoms with Crippen LogP contribution in [0.3, 0.4) is 0 Å². The number of aryl methyl sites for hydroxylation is 1. The number of hydrogen-bond donors (Lipinski definition) is 1. The van der Waals surface area contributed by atoms with E-state index in [1.54, 1.807) is 0 Å². The van der Waals surface area contributed by atoms with Gasteiger partial charge in [0.05, 0.1) is 18.3 Å². The highest BCUT2D eigenvalue weighted by Crippen LogP contribution is 2.28. The van der Waals surface area contributed by atoms with E-state index >= 15 is 0 Å². The second-order valence-corrected chi connectivity index (χ2v) is 4.58. The summed E-state index contributed by atoms with van der Waals surface area (Å²) < 4.78 is 7.70. The molecule has 1 N–H and O–H groups in total. The minimum atomic E-state index is 0.378. The Morgan fingerprint density at radius 3 is 3.12 bits per heavy atom. The van der Waals surface area contributed by atoms with Gasteiger partial charge in [-0.05, 0) is 32.4 Å². The van der Waals surface area contributed by atoms with Gasteiger partial charge in [0.25, 0.3) is 0 Å². The SMILES string of the molecule is CCNC(c1ccnn1CC)C1CCCOC1. The Bertz CT molecular complexity index is 331. The standard InChI is InChI=1S/C13H23N3O/c1-3-14-13(11-6-5-9-17-10-11)12-7-8-15-16(12)4-2/h7-8,11,13-14H,3-6,9-10H2,1-2H3. The molecule has 0 saturated carbocycles. The molecule has 1 aromatic heterocycles. The van der Waals surface area contributed by atoms with Gasteiger partial charge in [-0.25, -0.2) is 0 Å². The highest BCUT2D eigenvalue weighted by atomic mass is 16.5. The van der Waals surface area contributed by atoms with E-state index in [9.17, 15) is 0 Å². The molecule has 4 nitrogen and oxygen atoms in total. The van der Waals surface area contributed by atoms with Crippen molar-refractivity contribution in [1.29, 1.82) is 0 Å². The molecule has 17 heavy (non-hydrogen) atoms. The summed E-state index contributed by atoms with van der Waals surface area (Å²) in [4.78, 5) is 0. The van der Waals surface area contributed by atoms with Gasteiger partial charge in [-0.1, -0.05) is 6.92 Å². The third kappa shape index (κ3) is 2.87. The zero-order chi connectivity index (χ0) is 12.1. The molecule has 4 heteroatoms. The Hall–Kier alpha value is -0.870. The van der Waals surface area contributed by atoms with Crippen LogP contribution in [0.4, 0.5) is 0 Å². The quantitative estimate of drug-likeness (QED) is 0.851. The van der Waals surface area contributed by atoms with Crippen molar-refractivity contribution < 1.29 is 4.74 Å². The van der Waals surface area contributed by atoms with Crippen LogP contribution in [0.1, 0.15) is 38.4 Å². The predicted octanol–water partition coefficient (Wildman–Crippen LogP) is 1.98. The molecule has 1 saturated heterocycles. The Labute approximate surface area is 103 Å². The summed E-state index contributed by atoms with van der Waals surface area (Å²) in [6.07, 6.45) is 4.31. The van der Waals surface area contributed by atoms with Crippen molar-refractivity contribution in [2.75, 3.05) is 19.8 Å². The number of nitrogens with one attached hydrogen (secondary N) is 1. The molecule has 1 aliphatic rings. The summed E-state index contributed by atoms with van der Waals surface area (Å²) in [7, 11) is 0. The molecule has 2 unspecified atom stereocenters. The van der Waals surface area contributed by atoms with Crippen LogP contribution in [0.15, 0.2) is 12.3 Å². The molecule has 2 heterocycles. The first-order chi connectivity index (χ1) is 8.36. The maximum absolute atomic E-state index is 5.61. The summed E-state index contributed by atoms with van der Waals surface area (Å²) in [5.74, 6) is 0.575. The van der Waals surface area contributed by atoms with Gasteiger partial charge in [-0.15, -0.1) is 0 Å². The van der Waals surface area contributed by atoms with E-state index in [1.807, 2.05) is 6.20 Å². The fraction of sp³-hybridized carbons (Fsp3) is 0.769. The van der Waals surface area contributed by atoms with Crippen LogP contribution >= 0.6 is 0 Å². The van der Waals surface area contributed by atoms with E-state index in [0.29, 0.717) is 12.0 Å². The van der Waals surface area contributed by atoms with Gasteiger partial charge in [-0.2, -0.15) is 5.10 Å². The van der Waals surface area contributed by atoms with Crippen LogP contribution in [0.25, 0.3) is 0 Å². The number of hydrogen-bond acceptors (Lipinski definition) is 3. The third-order valence-electron chi connectivity index (χ3n) is 3.46. The maximum Gasteiger partial charge on any atom is 0.0557 e. The van der Waals surface area contributed by atoms with Gasteiger partial charge in [0, 0.05) is 25.3 Å². The summed E-state index contributed by atoms with van der Waals surface area (Å²) >= 11 is 0. The smallest absolute Gasteiger partial charge is 0.0557 e. The summed E-state index contributed by atoms with van der Waals surface area (Å²) in [6, 6.07) is 2.51. The highest BCUT2D eigenvalue weighted by Gasteiger charge is 2.27. The number of aromatic nitrogens is 2. The van der Waals surface area contributed by atoms with Crippen LogP contribution < -0.4 is 5.32 Å². The predicted molar refractivity (Wildman–Crippen MR) is 67.9 cm³/mol. The first-order valence-electron chi connectivity index (χ1n) is 6.69. The lowest BCUT2D eigenvalue weighted by atomic mass is 9.91. The van der Waals surface area contributed by atoms with Gasteiger partial charge in [0.1, 0.15) is 0 Å². The number of nitrogens with zero attached hydrogens (tertiary/aromatic N) is 2. The lowest BCUT2D eigenvalue weighted by Gasteiger charge is -2.31. The molecule has 2 atom stereocenters. The van der Waals surface area contributed by atoms with Crippen LogP contribution in [0.5, 0.6) is 0 Å². The van der Waals surface area contributed by atoms with Crippen molar-refractivity contribution in [3.05, 3.63) is 18.0 Å². The van der Waals surface area contributed by atoms with Crippen LogP contribution in [0, 0.1) is 5.92 Å². The lowest BCUT2D eigenvalue weighted by molar-refractivity contribution is 0.0379. The van der Waals surface area contributed by atoms with E-state index in [4.69, 9.17) is 4.74 Å². The molecule has 0 bridgehead atoms. The second kappa shape index (κ2) is 6.17. The van der Waals surface area contributed by atoms with Gasteiger partial charge in [-0.3, -0.25) is 4.68 Å². The average Bonchev–Trinajstić information content (AvgIpc) is 2.85. The summed E-state index contributed by atoms with van der Waals surface area (Å²) in [5, 5.41) is 7.96.